The van der Waals surface area contributed by atoms with Crippen molar-refractivity contribution < 1.29 is 4.79 Å². The monoisotopic (exact) mass is 386 g/mol. The number of nitrogens with zero attached hydrogens (tertiary/aromatic N) is 1. The van der Waals surface area contributed by atoms with E-state index in [2.05, 4.69) is 34.9 Å². The van der Waals surface area contributed by atoms with Crippen LogP contribution < -0.4 is 11.3 Å². The van der Waals surface area contributed by atoms with Gasteiger partial charge in [0.05, 0.1) is 10.3 Å². The summed E-state index contributed by atoms with van der Waals surface area (Å²) in [6.45, 7) is 4.29. The Morgan fingerprint density at radius 1 is 1.30 bits per heavy atom. The molecule has 0 saturated carbocycles. The van der Waals surface area contributed by atoms with Crippen molar-refractivity contribution in [3.63, 3.8) is 0 Å². The van der Waals surface area contributed by atoms with Crippen LogP contribution in [0.2, 0.25) is 0 Å². The Morgan fingerprint density at radius 2 is 2.11 bits per heavy atom. The van der Waals surface area contributed by atoms with Crippen molar-refractivity contribution in [2.45, 2.75) is 52.4 Å². The minimum Gasteiger partial charge on any atom is -0.369 e. The van der Waals surface area contributed by atoms with Crippen LogP contribution in [0.5, 0.6) is 0 Å². The molecule has 1 atom stereocenters. The number of Topliss-reactive ketones (excluding diaryl/α,β-unsaturated/α-hetero) is 1. The van der Waals surface area contributed by atoms with E-state index in [4.69, 9.17) is 5.73 Å². The van der Waals surface area contributed by atoms with E-state index in [1.54, 1.807) is 11.3 Å². The Bertz CT molecular complexity index is 985. The topological polar surface area (TPSA) is 105 Å². The summed E-state index contributed by atoms with van der Waals surface area (Å²) in [6, 6.07) is 5.84. The molecule has 3 aromatic heterocycles. The maximum absolute atomic E-state index is 12.4. The number of rotatable bonds is 9. The number of fused-ring (bicyclic) bond motifs is 1. The SMILES string of the molecule is CCCC(C)CC(=O)c1ccc(CCCc2cc3c(=O)[nH]c(N)nc3[nH]2)s1. The van der Waals surface area contributed by atoms with Crippen LogP contribution in [-0.4, -0.2) is 20.7 Å². The highest BCUT2D eigenvalue weighted by Crippen LogP contribution is 2.23. The van der Waals surface area contributed by atoms with Crippen molar-refractivity contribution in [3.8, 4) is 0 Å². The molecule has 1 unspecified atom stereocenters. The number of H-pyrrole nitrogens is 2. The summed E-state index contributed by atoms with van der Waals surface area (Å²) in [5, 5.41) is 0.532. The van der Waals surface area contributed by atoms with E-state index in [0.29, 0.717) is 23.4 Å². The highest BCUT2D eigenvalue weighted by atomic mass is 32.1. The molecular formula is C20H26N4O2S. The molecule has 0 fully saturated rings. The van der Waals surface area contributed by atoms with Crippen LogP contribution in [0.3, 0.4) is 0 Å². The fourth-order valence-corrected chi connectivity index (χ4v) is 4.35. The summed E-state index contributed by atoms with van der Waals surface area (Å²) in [6.07, 6.45) is 5.49. The summed E-state index contributed by atoms with van der Waals surface area (Å²) in [5.41, 5.74) is 6.84. The summed E-state index contributed by atoms with van der Waals surface area (Å²) in [5.74, 6) is 0.816. The van der Waals surface area contributed by atoms with Gasteiger partial charge in [-0.15, -0.1) is 11.3 Å². The molecule has 0 spiro atoms. The number of nitrogen functional groups attached to an aromatic ring is 1. The zero-order chi connectivity index (χ0) is 19.4. The second kappa shape index (κ2) is 8.52. The number of aromatic nitrogens is 3. The van der Waals surface area contributed by atoms with E-state index in [0.717, 1.165) is 42.7 Å². The van der Waals surface area contributed by atoms with Gasteiger partial charge in [0.1, 0.15) is 5.65 Å². The number of thiophene rings is 1. The molecule has 3 heterocycles. The minimum atomic E-state index is -0.223. The van der Waals surface area contributed by atoms with Gasteiger partial charge in [0.15, 0.2) is 5.78 Å². The number of hydrogen-bond acceptors (Lipinski definition) is 5. The van der Waals surface area contributed by atoms with Crippen molar-refractivity contribution in [1.29, 1.82) is 0 Å². The lowest BCUT2D eigenvalue weighted by Crippen LogP contribution is -2.09. The quantitative estimate of drug-likeness (QED) is 0.482. The molecular weight excluding hydrogens is 360 g/mol. The molecule has 0 aliphatic carbocycles. The number of aryl methyl sites for hydroxylation is 2. The average Bonchev–Trinajstić information content (AvgIpc) is 3.22. The third-order valence-corrected chi connectivity index (χ3v) is 5.88. The lowest BCUT2D eigenvalue weighted by Gasteiger charge is -2.07. The second-order valence-electron chi connectivity index (χ2n) is 7.15. The largest absolute Gasteiger partial charge is 0.369 e. The molecule has 0 aromatic carbocycles. The maximum atomic E-state index is 12.4. The molecule has 7 heteroatoms. The molecule has 0 bridgehead atoms. The van der Waals surface area contributed by atoms with E-state index in [9.17, 15) is 9.59 Å². The van der Waals surface area contributed by atoms with Crippen molar-refractivity contribution >= 4 is 34.1 Å². The van der Waals surface area contributed by atoms with Crippen LogP contribution in [0.25, 0.3) is 11.0 Å². The van der Waals surface area contributed by atoms with Crippen LogP contribution in [0, 0.1) is 5.92 Å². The van der Waals surface area contributed by atoms with Gasteiger partial charge in [-0.05, 0) is 43.4 Å². The Labute approximate surface area is 162 Å². The third-order valence-electron chi connectivity index (χ3n) is 4.69. The Morgan fingerprint density at radius 3 is 2.89 bits per heavy atom. The van der Waals surface area contributed by atoms with Crippen LogP contribution in [-0.2, 0) is 12.8 Å². The Kier molecular flexibility index (Phi) is 6.11. The molecule has 3 rings (SSSR count). The standard InChI is InChI=1S/C20H26N4O2S/c1-3-5-12(2)10-16(25)17-9-8-14(27-17)7-4-6-13-11-15-18(22-13)23-20(21)24-19(15)26/h8-9,11-12H,3-7,10H2,1-2H3,(H4,21,22,23,24,26). The summed E-state index contributed by atoms with van der Waals surface area (Å²) >= 11 is 1.60. The first kappa shape index (κ1) is 19.4. The number of ketones is 1. The van der Waals surface area contributed by atoms with Crippen LogP contribution in [0.15, 0.2) is 23.0 Å². The lowest BCUT2D eigenvalue weighted by molar-refractivity contribution is 0.0966. The zero-order valence-corrected chi connectivity index (χ0v) is 16.6. The third kappa shape index (κ3) is 4.86. The van der Waals surface area contributed by atoms with E-state index < -0.39 is 0 Å². The fourth-order valence-electron chi connectivity index (χ4n) is 3.35. The number of carbonyl (C=O) groups excluding carboxylic acids is 1. The Hall–Kier alpha value is -2.41. The number of hydrogen-bond donors (Lipinski definition) is 3. The zero-order valence-electron chi connectivity index (χ0n) is 15.8. The maximum Gasteiger partial charge on any atom is 0.261 e. The predicted molar refractivity (Wildman–Crippen MR) is 110 cm³/mol. The van der Waals surface area contributed by atoms with Crippen molar-refractivity contribution in [2.75, 3.05) is 5.73 Å². The molecule has 144 valence electrons. The summed E-state index contributed by atoms with van der Waals surface area (Å²) in [4.78, 5) is 36.1. The van der Waals surface area contributed by atoms with Crippen LogP contribution in [0.4, 0.5) is 5.95 Å². The number of nitrogens with one attached hydrogen (secondary N) is 2. The first-order chi connectivity index (χ1) is 13.0. The van der Waals surface area contributed by atoms with Gasteiger partial charge in [0.25, 0.3) is 5.56 Å². The van der Waals surface area contributed by atoms with E-state index in [-0.39, 0.29) is 17.3 Å². The van der Waals surface area contributed by atoms with E-state index in [1.807, 2.05) is 12.1 Å². The van der Waals surface area contributed by atoms with Crippen molar-refractivity contribution in [3.05, 3.63) is 44.0 Å². The fraction of sp³-hybridized carbons (Fsp3) is 0.450. The first-order valence-electron chi connectivity index (χ1n) is 9.45. The molecule has 3 aromatic rings. The van der Waals surface area contributed by atoms with Gasteiger partial charge >= 0.3 is 0 Å². The highest BCUT2D eigenvalue weighted by Gasteiger charge is 2.13. The van der Waals surface area contributed by atoms with Crippen molar-refractivity contribution in [2.24, 2.45) is 5.92 Å². The lowest BCUT2D eigenvalue weighted by atomic mass is 9.99. The first-order valence-corrected chi connectivity index (χ1v) is 10.3. The molecule has 0 amide bonds. The molecule has 6 nitrogen and oxygen atoms in total. The Balaban J connectivity index is 1.55. The minimum absolute atomic E-state index is 0.116. The summed E-state index contributed by atoms with van der Waals surface area (Å²) < 4.78 is 0. The van der Waals surface area contributed by atoms with Gasteiger partial charge in [0.2, 0.25) is 5.95 Å². The number of carbonyl (C=O) groups is 1. The molecule has 4 N–H and O–H groups in total. The van der Waals surface area contributed by atoms with Gasteiger partial charge in [-0.3, -0.25) is 14.6 Å². The number of anilines is 1. The van der Waals surface area contributed by atoms with Gasteiger partial charge < -0.3 is 10.7 Å². The number of nitrogens with two attached hydrogens (primary N) is 1. The summed E-state index contributed by atoms with van der Waals surface area (Å²) in [7, 11) is 0. The second-order valence-corrected chi connectivity index (χ2v) is 8.32. The van der Waals surface area contributed by atoms with Crippen LogP contribution in [0.1, 0.15) is 59.8 Å². The molecule has 0 aliphatic heterocycles. The molecule has 0 radical (unpaired) electrons. The molecule has 0 aliphatic rings. The van der Waals surface area contributed by atoms with Gasteiger partial charge in [-0.1, -0.05) is 26.7 Å². The number of aromatic amines is 2. The normalized spacial score (nSPS) is 12.5. The van der Waals surface area contributed by atoms with Gasteiger partial charge in [0, 0.05) is 17.0 Å². The molecule has 27 heavy (non-hydrogen) atoms. The van der Waals surface area contributed by atoms with Crippen LogP contribution >= 0.6 is 11.3 Å². The van der Waals surface area contributed by atoms with E-state index >= 15 is 0 Å². The van der Waals surface area contributed by atoms with E-state index in [1.165, 1.54) is 4.88 Å². The highest BCUT2D eigenvalue weighted by molar-refractivity contribution is 7.14. The smallest absolute Gasteiger partial charge is 0.261 e. The van der Waals surface area contributed by atoms with Gasteiger partial charge in [-0.2, -0.15) is 4.98 Å². The average molecular weight is 387 g/mol. The van der Waals surface area contributed by atoms with Crippen molar-refractivity contribution in [1.82, 2.24) is 15.0 Å². The van der Waals surface area contributed by atoms with Gasteiger partial charge in [-0.25, -0.2) is 0 Å². The molecule has 0 saturated heterocycles. The predicted octanol–water partition coefficient (Wildman–Crippen LogP) is 4.08.